The molecule has 214 valence electrons. The number of sulfonamides is 1. The molecule has 3 rings (SSSR count). The van der Waals surface area contributed by atoms with Gasteiger partial charge in [-0.05, 0) is 61.7 Å². The van der Waals surface area contributed by atoms with Crippen molar-refractivity contribution in [2.24, 2.45) is 5.92 Å². The van der Waals surface area contributed by atoms with Crippen molar-refractivity contribution in [3.05, 3.63) is 93.7 Å². The van der Waals surface area contributed by atoms with Gasteiger partial charge >= 0.3 is 0 Å². The fourth-order valence-corrected chi connectivity index (χ4v) is 5.73. The topological polar surface area (TPSA) is 86.8 Å². The van der Waals surface area contributed by atoms with Crippen LogP contribution in [0.15, 0.2) is 71.6 Å². The van der Waals surface area contributed by atoms with Crippen molar-refractivity contribution >= 4 is 50.7 Å². The largest absolute Gasteiger partial charge is 0.354 e. The Morgan fingerprint density at radius 2 is 1.57 bits per heavy atom. The highest BCUT2D eigenvalue weighted by molar-refractivity contribution is 7.92. The van der Waals surface area contributed by atoms with E-state index in [9.17, 15) is 22.4 Å². The third-order valence-corrected chi connectivity index (χ3v) is 8.79. The molecule has 0 spiro atoms. The molecule has 0 heterocycles. The lowest BCUT2D eigenvalue weighted by atomic mass is 10.1. The first-order valence-electron chi connectivity index (χ1n) is 12.7. The number of rotatable bonds is 11. The molecule has 0 saturated carbocycles. The number of hydrogen-bond acceptors (Lipinski definition) is 4. The molecule has 11 heteroatoms. The maximum Gasteiger partial charge on any atom is 0.264 e. The molecule has 1 atom stereocenters. The van der Waals surface area contributed by atoms with Crippen LogP contribution in [0, 0.1) is 18.7 Å². The van der Waals surface area contributed by atoms with Crippen LogP contribution < -0.4 is 9.62 Å². The van der Waals surface area contributed by atoms with Crippen LogP contribution in [0.5, 0.6) is 0 Å². The molecule has 0 aliphatic carbocycles. The third kappa shape index (κ3) is 7.74. The fourth-order valence-electron chi connectivity index (χ4n) is 3.86. The van der Waals surface area contributed by atoms with Crippen LogP contribution >= 0.6 is 23.2 Å². The number of halogens is 3. The zero-order valence-electron chi connectivity index (χ0n) is 22.7. The van der Waals surface area contributed by atoms with Crippen LogP contribution in [0.25, 0.3) is 0 Å². The molecule has 0 saturated heterocycles. The van der Waals surface area contributed by atoms with E-state index in [1.165, 1.54) is 59.5 Å². The van der Waals surface area contributed by atoms with Gasteiger partial charge in [0.25, 0.3) is 10.0 Å². The zero-order chi connectivity index (χ0) is 29.6. The molecule has 0 radical (unpaired) electrons. The Labute approximate surface area is 244 Å². The van der Waals surface area contributed by atoms with Crippen molar-refractivity contribution in [2.45, 2.75) is 45.2 Å². The lowest BCUT2D eigenvalue weighted by molar-refractivity contribution is -0.139. The van der Waals surface area contributed by atoms with E-state index < -0.39 is 40.2 Å². The number of carbonyl (C=O) groups excluding carboxylic acids is 2. The molecule has 3 aromatic carbocycles. The average molecular weight is 609 g/mol. The van der Waals surface area contributed by atoms with E-state index in [2.05, 4.69) is 5.32 Å². The van der Waals surface area contributed by atoms with Crippen LogP contribution in [0.2, 0.25) is 10.0 Å². The van der Waals surface area contributed by atoms with Gasteiger partial charge in [0.2, 0.25) is 11.8 Å². The molecule has 0 aliphatic heterocycles. The first-order chi connectivity index (χ1) is 18.8. The predicted octanol–water partition coefficient (Wildman–Crippen LogP) is 5.83. The SMILES string of the molecule is Cc1ccc(S(=O)(=O)N(CC(=O)N(Cc2ccc(F)cc2)[C@H](C)C(=O)NCC(C)C)c2cccc(Cl)c2Cl)cc1. The first-order valence-corrected chi connectivity index (χ1v) is 14.9. The number of anilines is 1. The monoisotopic (exact) mass is 607 g/mol. The summed E-state index contributed by atoms with van der Waals surface area (Å²) in [6, 6.07) is 15.2. The smallest absolute Gasteiger partial charge is 0.264 e. The van der Waals surface area contributed by atoms with Crippen LogP contribution in [-0.4, -0.2) is 44.3 Å². The summed E-state index contributed by atoms with van der Waals surface area (Å²) in [4.78, 5) is 28.1. The highest BCUT2D eigenvalue weighted by Crippen LogP contribution is 2.35. The highest BCUT2D eigenvalue weighted by Gasteiger charge is 2.33. The highest BCUT2D eigenvalue weighted by atomic mass is 35.5. The number of nitrogens with zero attached hydrogens (tertiary/aromatic N) is 2. The Morgan fingerprint density at radius 1 is 0.950 bits per heavy atom. The predicted molar refractivity (Wildman–Crippen MR) is 156 cm³/mol. The quantitative estimate of drug-likeness (QED) is 0.297. The van der Waals surface area contributed by atoms with E-state index in [0.717, 1.165) is 9.87 Å². The standard InChI is InChI=1S/C29H32Cl2FN3O4S/c1-19(2)16-33-29(37)21(4)34(17-22-10-12-23(32)13-11-22)27(36)18-35(26-7-5-6-25(30)28(26)31)40(38,39)24-14-8-20(3)9-15-24/h5-15,19,21H,16-18H2,1-4H3,(H,33,37)/t21-/m1/s1. The van der Waals surface area contributed by atoms with E-state index >= 15 is 0 Å². The molecule has 1 N–H and O–H groups in total. The Morgan fingerprint density at radius 3 is 2.17 bits per heavy atom. The Kier molecular flexibility index (Phi) is 10.6. The molecule has 40 heavy (non-hydrogen) atoms. The van der Waals surface area contributed by atoms with Gasteiger partial charge in [0.15, 0.2) is 0 Å². The van der Waals surface area contributed by atoms with E-state index in [1.54, 1.807) is 19.1 Å². The van der Waals surface area contributed by atoms with Crippen molar-refractivity contribution in [2.75, 3.05) is 17.4 Å². The molecular formula is C29H32Cl2FN3O4S. The molecule has 0 unspecified atom stereocenters. The van der Waals surface area contributed by atoms with Gasteiger partial charge < -0.3 is 10.2 Å². The summed E-state index contributed by atoms with van der Waals surface area (Å²) in [7, 11) is -4.29. The summed E-state index contributed by atoms with van der Waals surface area (Å²) in [6.45, 7) is 6.93. The summed E-state index contributed by atoms with van der Waals surface area (Å²) < 4.78 is 42.2. The Hall–Kier alpha value is -3.14. The molecule has 0 aliphatic rings. The first kappa shape index (κ1) is 31.4. The van der Waals surface area contributed by atoms with E-state index in [0.29, 0.717) is 12.1 Å². The average Bonchev–Trinajstić information content (AvgIpc) is 2.91. The second kappa shape index (κ2) is 13.5. The van der Waals surface area contributed by atoms with Gasteiger partial charge in [0.1, 0.15) is 18.4 Å². The second-order valence-electron chi connectivity index (χ2n) is 9.86. The summed E-state index contributed by atoms with van der Waals surface area (Å²) >= 11 is 12.6. The molecule has 0 bridgehead atoms. The Bertz CT molecular complexity index is 1450. The summed E-state index contributed by atoms with van der Waals surface area (Å²) in [5.41, 5.74) is 1.43. The summed E-state index contributed by atoms with van der Waals surface area (Å²) in [5, 5.41) is 2.88. The normalized spacial score (nSPS) is 12.2. The molecular weight excluding hydrogens is 576 g/mol. The van der Waals surface area contributed by atoms with Gasteiger partial charge in [0.05, 0.1) is 20.6 Å². The van der Waals surface area contributed by atoms with Gasteiger partial charge in [-0.1, -0.05) is 72.9 Å². The van der Waals surface area contributed by atoms with E-state index in [4.69, 9.17) is 23.2 Å². The number of benzene rings is 3. The van der Waals surface area contributed by atoms with E-state index in [-0.39, 0.29) is 33.1 Å². The fraction of sp³-hybridized carbons (Fsp3) is 0.310. The van der Waals surface area contributed by atoms with Gasteiger partial charge in [-0.3, -0.25) is 13.9 Å². The van der Waals surface area contributed by atoms with Gasteiger partial charge in [-0.15, -0.1) is 0 Å². The maximum atomic E-state index is 13.9. The minimum Gasteiger partial charge on any atom is -0.354 e. The lowest BCUT2D eigenvalue weighted by Gasteiger charge is -2.32. The van der Waals surface area contributed by atoms with Crippen molar-refractivity contribution in [3.8, 4) is 0 Å². The van der Waals surface area contributed by atoms with Gasteiger partial charge in [-0.25, -0.2) is 12.8 Å². The second-order valence-corrected chi connectivity index (χ2v) is 12.5. The summed E-state index contributed by atoms with van der Waals surface area (Å²) in [5.74, 6) is -1.34. The number of nitrogens with one attached hydrogen (secondary N) is 1. The number of aryl methyl sites for hydroxylation is 1. The number of amides is 2. The molecule has 3 aromatic rings. The van der Waals surface area contributed by atoms with Crippen LogP contribution in [0.4, 0.5) is 10.1 Å². The van der Waals surface area contributed by atoms with Gasteiger partial charge in [-0.2, -0.15) is 0 Å². The van der Waals surface area contributed by atoms with Crippen molar-refractivity contribution in [1.29, 1.82) is 0 Å². The third-order valence-electron chi connectivity index (χ3n) is 6.21. The van der Waals surface area contributed by atoms with Crippen molar-refractivity contribution in [1.82, 2.24) is 10.2 Å². The molecule has 0 aromatic heterocycles. The molecule has 2 amide bonds. The van der Waals surface area contributed by atoms with Crippen LogP contribution in [0.1, 0.15) is 31.9 Å². The minimum absolute atomic E-state index is 0.0155. The molecule has 0 fully saturated rings. The Balaban J connectivity index is 2.05. The maximum absolute atomic E-state index is 13.9. The molecule has 7 nitrogen and oxygen atoms in total. The van der Waals surface area contributed by atoms with Gasteiger partial charge in [0, 0.05) is 13.1 Å². The van der Waals surface area contributed by atoms with Crippen molar-refractivity contribution in [3.63, 3.8) is 0 Å². The zero-order valence-corrected chi connectivity index (χ0v) is 25.0. The van der Waals surface area contributed by atoms with Crippen LogP contribution in [-0.2, 0) is 26.2 Å². The minimum atomic E-state index is -4.29. The lowest BCUT2D eigenvalue weighted by Crippen LogP contribution is -2.51. The number of hydrogen-bond donors (Lipinski definition) is 1. The van der Waals surface area contributed by atoms with E-state index in [1.807, 2.05) is 20.8 Å². The summed E-state index contributed by atoms with van der Waals surface area (Å²) in [6.07, 6.45) is 0. The van der Waals surface area contributed by atoms with Crippen LogP contribution in [0.3, 0.4) is 0 Å². The van der Waals surface area contributed by atoms with Crippen molar-refractivity contribution < 1.29 is 22.4 Å². The number of carbonyl (C=O) groups is 2.